The lowest BCUT2D eigenvalue weighted by Gasteiger charge is -2.10. The van der Waals surface area contributed by atoms with Crippen molar-refractivity contribution in [3.05, 3.63) is 36.8 Å². The molecule has 0 aliphatic rings. The molecule has 0 saturated carbocycles. The summed E-state index contributed by atoms with van der Waals surface area (Å²) in [5.41, 5.74) is 0.259. The summed E-state index contributed by atoms with van der Waals surface area (Å²) in [6.07, 6.45) is 1.51. The van der Waals surface area contributed by atoms with E-state index in [1.54, 1.807) is 20.0 Å². The molecule has 2 rings (SSSR count). The maximum absolute atomic E-state index is 12.2. The number of aryl methyl sites for hydroxylation is 3. The van der Waals surface area contributed by atoms with Crippen molar-refractivity contribution in [1.82, 2.24) is 14.5 Å². The molecule has 0 aliphatic carbocycles. The van der Waals surface area contributed by atoms with E-state index in [9.17, 15) is 13.2 Å². The van der Waals surface area contributed by atoms with Gasteiger partial charge in [-0.15, -0.1) is 11.3 Å². The predicted octanol–water partition coefficient (Wildman–Crippen LogP) is 1.61. The molecule has 2 N–H and O–H groups in total. The Kier molecular flexibility index (Phi) is 5.61. The highest BCUT2D eigenvalue weighted by Crippen LogP contribution is 2.24. The summed E-state index contributed by atoms with van der Waals surface area (Å²) in [4.78, 5) is 13.7. The monoisotopic (exact) mass is 420 g/mol. The third kappa shape index (κ3) is 4.19. The van der Waals surface area contributed by atoms with Crippen molar-refractivity contribution in [2.24, 2.45) is 7.05 Å². The average molecular weight is 421 g/mol. The standard InChI is InChI=1S/C13H17BrN4O3S2/c1-8-6-11(9(2)22-8)23(20,21)17-5-4-15-10-7-16-18(3)13(19)12(10)14/h6-7,15,17H,4-5H2,1-3H3. The van der Waals surface area contributed by atoms with Gasteiger partial charge in [0.05, 0.1) is 16.8 Å². The molecule has 0 aliphatic heterocycles. The minimum atomic E-state index is -3.52. The molecule has 0 amide bonds. The summed E-state index contributed by atoms with van der Waals surface area (Å²) in [5.74, 6) is 0. The number of nitrogens with one attached hydrogen (secondary N) is 2. The van der Waals surface area contributed by atoms with Crippen LogP contribution in [0.25, 0.3) is 0 Å². The van der Waals surface area contributed by atoms with E-state index < -0.39 is 10.0 Å². The first-order valence-corrected chi connectivity index (χ1v) is 9.84. The summed E-state index contributed by atoms with van der Waals surface area (Å²) in [6.45, 7) is 4.18. The Morgan fingerprint density at radius 1 is 1.35 bits per heavy atom. The van der Waals surface area contributed by atoms with E-state index in [4.69, 9.17) is 0 Å². The second-order valence-electron chi connectivity index (χ2n) is 4.90. The van der Waals surface area contributed by atoms with Crippen LogP contribution in [0.4, 0.5) is 5.69 Å². The Labute approximate surface area is 146 Å². The highest BCUT2D eigenvalue weighted by atomic mass is 79.9. The third-order valence-corrected chi connectivity index (χ3v) is 6.54. The lowest BCUT2D eigenvalue weighted by atomic mass is 10.4. The van der Waals surface area contributed by atoms with Gasteiger partial charge in [0.15, 0.2) is 0 Å². The van der Waals surface area contributed by atoms with Gasteiger partial charge in [-0.3, -0.25) is 4.79 Å². The fourth-order valence-corrected chi connectivity index (χ4v) is 5.05. The summed E-state index contributed by atoms with van der Waals surface area (Å²) >= 11 is 4.65. The highest BCUT2D eigenvalue weighted by Gasteiger charge is 2.18. The molecule has 0 unspecified atom stereocenters. The van der Waals surface area contributed by atoms with Crippen molar-refractivity contribution in [2.45, 2.75) is 18.7 Å². The number of hydrogen-bond acceptors (Lipinski definition) is 6. The van der Waals surface area contributed by atoms with E-state index in [-0.39, 0.29) is 12.1 Å². The van der Waals surface area contributed by atoms with Crippen LogP contribution in [0.1, 0.15) is 9.75 Å². The number of hydrogen-bond donors (Lipinski definition) is 2. The Balaban J connectivity index is 1.97. The van der Waals surface area contributed by atoms with Gasteiger partial charge in [0.2, 0.25) is 10.0 Å². The number of thiophene rings is 1. The topological polar surface area (TPSA) is 93.1 Å². The van der Waals surface area contributed by atoms with Gasteiger partial charge in [-0.25, -0.2) is 17.8 Å². The molecule has 0 bridgehead atoms. The SMILES string of the molecule is Cc1cc(S(=O)(=O)NCCNc2cnn(C)c(=O)c2Br)c(C)s1. The number of aromatic nitrogens is 2. The lowest BCUT2D eigenvalue weighted by molar-refractivity contribution is 0.582. The molecule has 0 saturated heterocycles. The molecule has 0 atom stereocenters. The molecule has 0 spiro atoms. The van der Waals surface area contributed by atoms with E-state index in [1.807, 2.05) is 6.92 Å². The Morgan fingerprint density at radius 2 is 2.04 bits per heavy atom. The zero-order valence-corrected chi connectivity index (χ0v) is 16.1. The van der Waals surface area contributed by atoms with Crippen LogP contribution in [0.2, 0.25) is 0 Å². The van der Waals surface area contributed by atoms with Crippen molar-refractivity contribution < 1.29 is 8.42 Å². The molecule has 2 aromatic rings. The molecule has 2 aromatic heterocycles. The quantitative estimate of drug-likeness (QED) is 0.692. The fraction of sp³-hybridized carbons (Fsp3) is 0.385. The molecule has 0 aromatic carbocycles. The summed E-state index contributed by atoms with van der Waals surface area (Å²) in [7, 11) is -1.97. The molecule has 23 heavy (non-hydrogen) atoms. The van der Waals surface area contributed by atoms with Crippen molar-refractivity contribution in [3.63, 3.8) is 0 Å². The van der Waals surface area contributed by atoms with Crippen molar-refractivity contribution >= 4 is 43.0 Å². The van der Waals surface area contributed by atoms with Crippen LogP contribution >= 0.6 is 27.3 Å². The second kappa shape index (κ2) is 7.12. The van der Waals surface area contributed by atoms with E-state index >= 15 is 0 Å². The van der Waals surface area contributed by atoms with Crippen LogP contribution < -0.4 is 15.6 Å². The number of anilines is 1. The molecule has 2 heterocycles. The first-order chi connectivity index (χ1) is 10.7. The minimum Gasteiger partial charge on any atom is -0.381 e. The Hall–Kier alpha value is -1.23. The Morgan fingerprint density at radius 3 is 2.65 bits per heavy atom. The minimum absolute atomic E-state index is 0.193. The summed E-state index contributed by atoms with van der Waals surface area (Å²) < 4.78 is 28.6. The van der Waals surface area contributed by atoms with Gasteiger partial charge in [0.1, 0.15) is 4.47 Å². The van der Waals surface area contributed by atoms with Crippen LogP contribution in [0.15, 0.2) is 26.4 Å². The summed E-state index contributed by atoms with van der Waals surface area (Å²) in [5, 5.41) is 6.88. The number of halogens is 1. The van der Waals surface area contributed by atoms with Gasteiger partial charge in [-0.05, 0) is 35.8 Å². The van der Waals surface area contributed by atoms with Crippen LogP contribution in [0, 0.1) is 13.8 Å². The first kappa shape index (κ1) is 18.1. The van der Waals surface area contributed by atoms with Crippen molar-refractivity contribution in [2.75, 3.05) is 18.4 Å². The summed E-state index contributed by atoms with van der Waals surface area (Å²) in [6, 6.07) is 1.66. The predicted molar refractivity (Wildman–Crippen MR) is 94.6 cm³/mol. The first-order valence-electron chi connectivity index (χ1n) is 6.75. The smallest absolute Gasteiger partial charge is 0.282 e. The fourth-order valence-electron chi connectivity index (χ4n) is 1.97. The second-order valence-corrected chi connectivity index (χ2v) is 8.89. The van der Waals surface area contributed by atoms with Gasteiger partial charge in [0.25, 0.3) is 5.56 Å². The highest BCUT2D eigenvalue weighted by molar-refractivity contribution is 9.10. The number of rotatable bonds is 6. The number of nitrogens with zero attached hydrogens (tertiary/aromatic N) is 2. The molecule has 0 radical (unpaired) electrons. The normalized spacial score (nSPS) is 11.7. The van der Waals surface area contributed by atoms with Gasteiger partial charge in [-0.1, -0.05) is 0 Å². The van der Waals surface area contributed by atoms with E-state index in [2.05, 4.69) is 31.1 Å². The Bertz CT molecular complexity index is 874. The van der Waals surface area contributed by atoms with Crippen LogP contribution in [-0.2, 0) is 17.1 Å². The maximum atomic E-state index is 12.2. The van der Waals surface area contributed by atoms with E-state index in [0.717, 1.165) is 9.75 Å². The largest absolute Gasteiger partial charge is 0.381 e. The molecular weight excluding hydrogens is 404 g/mol. The maximum Gasteiger partial charge on any atom is 0.282 e. The van der Waals surface area contributed by atoms with E-state index in [1.165, 1.54) is 22.2 Å². The van der Waals surface area contributed by atoms with Gasteiger partial charge < -0.3 is 5.32 Å². The van der Waals surface area contributed by atoms with Crippen molar-refractivity contribution in [3.8, 4) is 0 Å². The third-order valence-electron chi connectivity index (χ3n) is 3.10. The van der Waals surface area contributed by atoms with Crippen LogP contribution in [-0.4, -0.2) is 31.3 Å². The zero-order chi connectivity index (χ0) is 17.2. The van der Waals surface area contributed by atoms with Gasteiger partial charge in [-0.2, -0.15) is 5.10 Å². The number of sulfonamides is 1. The van der Waals surface area contributed by atoms with Gasteiger partial charge >= 0.3 is 0 Å². The molecule has 126 valence electrons. The van der Waals surface area contributed by atoms with Gasteiger partial charge in [0, 0.05) is 29.9 Å². The average Bonchev–Trinajstić information content (AvgIpc) is 2.83. The molecule has 10 heteroatoms. The van der Waals surface area contributed by atoms with Crippen molar-refractivity contribution in [1.29, 1.82) is 0 Å². The molecule has 0 fully saturated rings. The van der Waals surface area contributed by atoms with E-state index in [0.29, 0.717) is 21.6 Å². The lowest BCUT2D eigenvalue weighted by Crippen LogP contribution is -2.29. The zero-order valence-electron chi connectivity index (χ0n) is 12.9. The molecule has 7 nitrogen and oxygen atoms in total. The van der Waals surface area contributed by atoms with Crippen LogP contribution in [0.5, 0.6) is 0 Å². The molecular formula is C13H17BrN4O3S2. The van der Waals surface area contributed by atoms with Crippen LogP contribution in [0.3, 0.4) is 0 Å².